The van der Waals surface area contributed by atoms with E-state index in [1.807, 2.05) is 0 Å². The van der Waals surface area contributed by atoms with E-state index in [2.05, 4.69) is 5.32 Å². The summed E-state index contributed by atoms with van der Waals surface area (Å²) >= 11 is 0. The Hall–Kier alpha value is -1.89. The van der Waals surface area contributed by atoms with Crippen molar-refractivity contribution in [1.82, 2.24) is 5.32 Å². The second kappa shape index (κ2) is 7.78. The molecule has 0 saturated carbocycles. The minimum absolute atomic E-state index is 0.0379. The lowest BCUT2D eigenvalue weighted by Gasteiger charge is -2.12. The van der Waals surface area contributed by atoms with Gasteiger partial charge in [-0.2, -0.15) is 0 Å². The van der Waals surface area contributed by atoms with Gasteiger partial charge in [0.25, 0.3) is 0 Å². The zero-order valence-corrected chi connectivity index (χ0v) is 12.6. The number of rotatable bonds is 8. The Morgan fingerprint density at radius 1 is 1.19 bits per heavy atom. The van der Waals surface area contributed by atoms with E-state index in [0.717, 1.165) is 0 Å². The van der Waals surface area contributed by atoms with Gasteiger partial charge >= 0.3 is 5.97 Å². The van der Waals surface area contributed by atoms with Crippen LogP contribution in [0.15, 0.2) is 35.2 Å². The van der Waals surface area contributed by atoms with Crippen molar-refractivity contribution >= 4 is 21.7 Å². The normalized spacial score (nSPS) is 12.6. The van der Waals surface area contributed by atoms with Crippen molar-refractivity contribution in [2.24, 2.45) is 0 Å². The highest BCUT2D eigenvalue weighted by Crippen LogP contribution is 2.11. The zero-order valence-electron chi connectivity index (χ0n) is 11.8. The summed E-state index contributed by atoms with van der Waals surface area (Å²) in [6, 6.07) is 7.65. The van der Waals surface area contributed by atoms with E-state index < -0.39 is 21.7 Å². The Labute approximate surface area is 124 Å². The van der Waals surface area contributed by atoms with Gasteiger partial charge in [0.15, 0.2) is 9.84 Å². The van der Waals surface area contributed by atoms with E-state index in [4.69, 9.17) is 5.11 Å². The van der Waals surface area contributed by atoms with Crippen molar-refractivity contribution in [3.8, 4) is 0 Å². The van der Waals surface area contributed by atoms with Gasteiger partial charge in [0, 0.05) is 18.9 Å². The quantitative estimate of drug-likeness (QED) is 0.751. The maximum Gasteiger partial charge on any atom is 0.303 e. The first-order valence-electron chi connectivity index (χ1n) is 6.60. The molecule has 1 atom stereocenters. The predicted molar refractivity (Wildman–Crippen MR) is 77.6 cm³/mol. The van der Waals surface area contributed by atoms with Crippen LogP contribution in [0, 0.1) is 0 Å². The van der Waals surface area contributed by atoms with Gasteiger partial charge in [-0.1, -0.05) is 18.2 Å². The van der Waals surface area contributed by atoms with Gasteiger partial charge < -0.3 is 10.4 Å². The number of amides is 1. The molecule has 1 aromatic carbocycles. The summed E-state index contributed by atoms with van der Waals surface area (Å²) in [5, 5.41) is 11.1. The highest BCUT2D eigenvalue weighted by molar-refractivity contribution is 7.91. The van der Waals surface area contributed by atoms with Crippen LogP contribution in [0.4, 0.5) is 0 Å². The van der Waals surface area contributed by atoms with Gasteiger partial charge in [-0.3, -0.25) is 9.59 Å². The third kappa shape index (κ3) is 6.40. The highest BCUT2D eigenvalue weighted by Gasteiger charge is 2.17. The van der Waals surface area contributed by atoms with E-state index in [1.165, 1.54) is 12.1 Å². The molecular weight excluding hydrogens is 294 g/mol. The lowest BCUT2D eigenvalue weighted by atomic mass is 10.2. The number of aliphatic carboxylic acids is 1. The number of carboxylic acids is 1. The van der Waals surface area contributed by atoms with Gasteiger partial charge in [0.1, 0.15) is 0 Å². The van der Waals surface area contributed by atoms with Crippen molar-refractivity contribution < 1.29 is 23.1 Å². The van der Waals surface area contributed by atoms with Crippen molar-refractivity contribution in [1.29, 1.82) is 0 Å². The second-order valence-corrected chi connectivity index (χ2v) is 6.89. The number of hydrogen-bond donors (Lipinski definition) is 2. The first-order chi connectivity index (χ1) is 9.81. The molecule has 0 fully saturated rings. The average Bonchev–Trinajstić information content (AvgIpc) is 2.44. The lowest BCUT2D eigenvalue weighted by Crippen LogP contribution is -2.34. The Kier molecular flexibility index (Phi) is 6.36. The molecular formula is C14H19NO5S. The summed E-state index contributed by atoms with van der Waals surface area (Å²) in [5.74, 6) is -1.59. The number of hydrogen-bond acceptors (Lipinski definition) is 4. The van der Waals surface area contributed by atoms with Gasteiger partial charge in [-0.25, -0.2) is 8.42 Å². The molecule has 0 aromatic heterocycles. The number of nitrogens with one attached hydrogen (secondary N) is 1. The van der Waals surface area contributed by atoms with Crippen LogP contribution in [0.2, 0.25) is 0 Å². The van der Waals surface area contributed by atoms with Crippen molar-refractivity contribution in [3.05, 3.63) is 30.3 Å². The molecule has 6 nitrogen and oxygen atoms in total. The molecule has 0 spiro atoms. The molecule has 116 valence electrons. The van der Waals surface area contributed by atoms with Gasteiger partial charge in [-0.05, 0) is 25.5 Å². The predicted octanol–water partition coefficient (Wildman–Crippen LogP) is 1.22. The second-order valence-electron chi connectivity index (χ2n) is 4.78. The van der Waals surface area contributed by atoms with E-state index in [-0.39, 0.29) is 29.5 Å². The molecule has 1 aromatic rings. The van der Waals surface area contributed by atoms with Crippen LogP contribution in [0.3, 0.4) is 0 Å². The average molecular weight is 313 g/mol. The molecule has 7 heteroatoms. The van der Waals surface area contributed by atoms with Crippen molar-refractivity contribution in [2.75, 3.05) is 5.75 Å². The first kappa shape index (κ1) is 17.2. The summed E-state index contributed by atoms with van der Waals surface area (Å²) in [4.78, 5) is 22.3. The van der Waals surface area contributed by atoms with Crippen LogP contribution >= 0.6 is 0 Å². The fraction of sp³-hybridized carbons (Fsp3) is 0.429. The standard InChI is InChI=1S/C14H19NO5S/c1-11(7-8-14(17)18)15-13(16)9-10-21(19,20)12-5-3-2-4-6-12/h2-6,11H,7-10H2,1H3,(H,15,16)(H,17,18). The summed E-state index contributed by atoms with van der Waals surface area (Å²) in [7, 11) is -3.47. The molecule has 0 radical (unpaired) electrons. The molecule has 0 aliphatic heterocycles. The summed E-state index contributed by atoms with van der Waals surface area (Å²) in [5.41, 5.74) is 0. The van der Waals surface area contributed by atoms with Crippen molar-refractivity contribution in [3.63, 3.8) is 0 Å². The first-order valence-corrected chi connectivity index (χ1v) is 8.25. The van der Waals surface area contributed by atoms with Crippen molar-refractivity contribution in [2.45, 2.75) is 37.1 Å². The zero-order chi connectivity index (χ0) is 15.9. The Morgan fingerprint density at radius 2 is 1.81 bits per heavy atom. The van der Waals surface area contributed by atoms with Gasteiger partial charge in [0.2, 0.25) is 5.91 Å². The number of carboxylic acid groups (broad SMARTS) is 1. The molecule has 0 saturated heterocycles. The molecule has 21 heavy (non-hydrogen) atoms. The lowest BCUT2D eigenvalue weighted by molar-refractivity contribution is -0.137. The van der Waals surface area contributed by atoms with Crippen LogP contribution in [0.5, 0.6) is 0 Å². The van der Waals surface area contributed by atoms with Gasteiger partial charge in [-0.15, -0.1) is 0 Å². The minimum atomic E-state index is -3.47. The van der Waals surface area contributed by atoms with E-state index >= 15 is 0 Å². The fourth-order valence-electron chi connectivity index (χ4n) is 1.73. The molecule has 0 heterocycles. The van der Waals surface area contributed by atoms with Crippen LogP contribution in [-0.2, 0) is 19.4 Å². The Bertz CT molecular complexity index is 583. The summed E-state index contributed by atoms with van der Waals surface area (Å²) < 4.78 is 24.0. The largest absolute Gasteiger partial charge is 0.481 e. The topological polar surface area (TPSA) is 101 Å². The van der Waals surface area contributed by atoms with E-state index in [9.17, 15) is 18.0 Å². The Balaban J connectivity index is 2.44. The molecule has 0 bridgehead atoms. The number of carbonyl (C=O) groups is 2. The monoisotopic (exact) mass is 313 g/mol. The third-order valence-corrected chi connectivity index (χ3v) is 4.63. The molecule has 2 N–H and O–H groups in total. The highest BCUT2D eigenvalue weighted by atomic mass is 32.2. The smallest absolute Gasteiger partial charge is 0.303 e. The summed E-state index contributed by atoms with van der Waals surface area (Å²) in [6.07, 6.45) is 0.130. The number of benzene rings is 1. The molecule has 0 aliphatic carbocycles. The SMILES string of the molecule is CC(CCC(=O)O)NC(=O)CCS(=O)(=O)c1ccccc1. The number of sulfone groups is 1. The van der Waals surface area contributed by atoms with Gasteiger partial charge in [0.05, 0.1) is 10.6 Å². The third-order valence-electron chi connectivity index (χ3n) is 2.90. The summed E-state index contributed by atoms with van der Waals surface area (Å²) in [6.45, 7) is 1.69. The van der Waals surface area contributed by atoms with E-state index in [1.54, 1.807) is 25.1 Å². The maximum atomic E-state index is 12.0. The van der Waals surface area contributed by atoms with E-state index in [0.29, 0.717) is 6.42 Å². The maximum absolute atomic E-state index is 12.0. The Morgan fingerprint density at radius 3 is 2.38 bits per heavy atom. The van der Waals surface area contributed by atoms with Crippen LogP contribution < -0.4 is 5.32 Å². The van der Waals surface area contributed by atoms with Crippen LogP contribution in [-0.4, -0.2) is 37.2 Å². The molecule has 1 rings (SSSR count). The van der Waals surface area contributed by atoms with Crippen LogP contribution in [0.1, 0.15) is 26.2 Å². The molecule has 1 unspecified atom stereocenters. The molecule has 1 amide bonds. The molecule has 0 aliphatic rings. The minimum Gasteiger partial charge on any atom is -0.481 e. The fourth-order valence-corrected chi connectivity index (χ4v) is 2.99. The van der Waals surface area contributed by atoms with Crippen LogP contribution in [0.25, 0.3) is 0 Å². The number of carbonyl (C=O) groups excluding carboxylic acids is 1.